The van der Waals surface area contributed by atoms with Gasteiger partial charge >= 0.3 is 0 Å². The van der Waals surface area contributed by atoms with E-state index in [9.17, 15) is 0 Å². The van der Waals surface area contributed by atoms with Crippen molar-refractivity contribution in [2.24, 2.45) is 0 Å². The van der Waals surface area contributed by atoms with Gasteiger partial charge in [-0.25, -0.2) is 4.98 Å². The van der Waals surface area contributed by atoms with Gasteiger partial charge in [0.1, 0.15) is 5.69 Å². The Balaban J connectivity index is 2.04. The van der Waals surface area contributed by atoms with E-state index in [1.54, 1.807) is 18.3 Å². The van der Waals surface area contributed by atoms with Gasteiger partial charge in [-0.15, -0.1) is 10.2 Å². The number of likely N-dealkylation sites (N-methyl/N-ethyl adjacent to an activating group) is 1. The summed E-state index contributed by atoms with van der Waals surface area (Å²) in [5, 5.41) is 11.7. The first kappa shape index (κ1) is 12.0. The molecule has 0 bridgehead atoms. The van der Waals surface area contributed by atoms with E-state index in [-0.39, 0.29) is 0 Å². The summed E-state index contributed by atoms with van der Waals surface area (Å²) in [4.78, 5) is 4.11. The van der Waals surface area contributed by atoms with Gasteiger partial charge in [0.25, 0.3) is 5.89 Å². The topological polar surface area (TPSA) is 63.8 Å². The molecule has 2 heterocycles. The van der Waals surface area contributed by atoms with E-state index < -0.39 is 0 Å². The van der Waals surface area contributed by atoms with Gasteiger partial charge in [-0.3, -0.25) is 0 Å². The highest BCUT2D eigenvalue weighted by Crippen LogP contribution is 2.17. The first-order valence-corrected chi connectivity index (χ1v) is 5.82. The minimum atomic E-state index is 0.424. The fourth-order valence-corrected chi connectivity index (χ4v) is 1.44. The molecule has 0 radical (unpaired) electrons. The van der Waals surface area contributed by atoms with E-state index >= 15 is 0 Å². The molecule has 0 atom stereocenters. The number of nitrogens with one attached hydrogen (secondary N) is 1. The summed E-state index contributed by atoms with van der Waals surface area (Å²) < 4.78 is 5.49. The second-order valence-electron chi connectivity index (χ2n) is 3.47. The zero-order valence-electron chi connectivity index (χ0n) is 9.48. The Hall–Kier alpha value is -1.46. The maximum absolute atomic E-state index is 5.75. The summed E-state index contributed by atoms with van der Waals surface area (Å²) in [7, 11) is 0. The molecule has 1 N–H and O–H groups in total. The predicted octanol–water partition coefficient (Wildman–Crippen LogP) is 1.94. The summed E-state index contributed by atoms with van der Waals surface area (Å²) in [6, 6.07) is 3.50. The van der Waals surface area contributed by atoms with Crippen molar-refractivity contribution in [1.82, 2.24) is 20.5 Å². The van der Waals surface area contributed by atoms with Crippen LogP contribution in [0.2, 0.25) is 5.02 Å². The largest absolute Gasteiger partial charge is 0.419 e. The molecule has 0 aliphatic heterocycles. The van der Waals surface area contributed by atoms with E-state index in [4.69, 9.17) is 16.0 Å². The summed E-state index contributed by atoms with van der Waals surface area (Å²) in [6.45, 7) is 3.81. The molecule has 0 saturated heterocycles. The lowest BCUT2D eigenvalue weighted by atomic mass is 10.3. The standard InChI is InChI=1S/C11H13ClN4O/c1-2-13-6-5-10-15-16-11(17-10)9-4-3-8(12)7-14-9/h3-4,7,13H,2,5-6H2,1H3. The van der Waals surface area contributed by atoms with Crippen molar-refractivity contribution in [1.29, 1.82) is 0 Å². The van der Waals surface area contributed by atoms with Crippen LogP contribution in [0, 0.1) is 0 Å². The summed E-state index contributed by atoms with van der Waals surface area (Å²) in [6.07, 6.45) is 2.27. The van der Waals surface area contributed by atoms with Gasteiger partial charge < -0.3 is 9.73 Å². The molecule has 2 aromatic rings. The highest BCUT2D eigenvalue weighted by Gasteiger charge is 2.09. The molecule has 0 fully saturated rings. The SMILES string of the molecule is CCNCCc1nnc(-c2ccc(Cl)cn2)o1. The molecule has 6 heteroatoms. The van der Waals surface area contributed by atoms with Gasteiger partial charge in [-0.1, -0.05) is 18.5 Å². The predicted molar refractivity (Wildman–Crippen MR) is 64.8 cm³/mol. The minimum Gasteiger partial charge on any atom is -0.419 e. The van der Waals surface area contributed by atoms with Crippen LogP contribution in [0.5, 0.6) is 0 Å². The third-order valence-corrected chi connectivity index (χ3v) is 2.40. The van der Waals surface area contributed by atoms with Crippen LogP contribution in [0.15, 0.2) is 22.7 Å². The molecule has 2 aromatic heterocycles. The summed E-state index contributed by atoms with van der Waals surface area (Å²) in [5.41, 5.74) is 0.636. The van der Waals surface area contributed by atoms with Crippen LogP contribution in [0.3, 0.4) is 0 Å². The van der Waals surface area contributed by atoms with E-state index in [1.165, 1.54) is 0 Å². The van der Waals surface area contributed by atoms with Gasteiger partial charge in [-0.2, -0.15) is 0 Å². The Labute approximate surface area is 104 Å². The highest BCUT2D eigenvalue weighted by atomic mass is 35.5. The van der Waals surface area contributed by atoms with Gasteiger partial charge in [0.05, 0.1) is 5.02 Å². The molecular formula is C11H13ClN4O. The van der Waals surface area contributed by atoms with Crippen LogP contribution in [0.1, 0.15) is 12.8 Å². The van der Waals surface area contributed by atoms with E-state index in [0.29, 0.717) is 28.9 Å². The maximum atomic E-state index is 5.75. The summed E-state index contributed by atoms with van der Waals surface area (Å²) >= 11 is 5.75. The van der Waals surface area contributed by atoms with Crippen molar-refractivity contribution in [3.8, 4) is 11.6 Å². The zero-order chi connectivity index (χ0) is 12.1. The fourth-order valence-electron chi connectivity index (χ4n) is 1.33. The molecule has 0 aliphatic rings. The monoisotopic (exact) mass is 252 g/mol. The van der Waals surface area contributed by atoms with Gasteiger partial charge in [0.2, 0.25) is 5.89 Å². The van der Waals surface area contributed by atoms with Crippen molar-refractivity contribution >= 4 is 11.6 Å². The molecule has 0 saturated carbocycles. The number of pyridine rings is 1. The number of rotatable bonds is 5. The molecule has 0 aliphatic carbocycles. The average Bonchev–Trinajstić information content (AvgIpc) is 2.79. The average molecular weight is 253 g/mol. The van der Waals surface area contributed by atoms with E-state index in [0.717, 1.165) is 13.1 Å². The molecule has 17 heavy (non-hydrogen) atoms. The van der Waals surface area contributed by atoms with E-state index in [2.05, 4.69) is 27.4 Å². The van der Waals surface area contributed by atoms with Crippen LogP contribution >= 0.6 is 11.6 Å². The summed E-state index contributed by atoms with van der Waals surface area (Å²) in [5.74, 6) is 1.03. The second kappa shape index (κ2) is 5.75. The molecule has 0 unspecified atom stereocenters. The Morgan fingerprint density at radius 1 is 1.35 bits per heavy atom. The molecule has 90 valence electrons. The first-order valence-electron chi connectivity index (χ1n) is 5.44. The van der Waals surface area contributed by atoms with Crippen LogP contribution in [-0.2, 0) is 6.42 Å². The molecule has 2 rings (SSSR count). The highest BCUT2D eigenvalue weighted by molar-refractivity contribution is 6.30. The molecule has 0 spiro atoms. The zero-order valence-corrected chi connectivity index (χ0v) is 10.2. The Bertz CT molecular complexity index is 469. The number of nitrogens with zero attached hydrogens (tertiary/aromatic N) is 3. The third-order valence-electron chi connectivity index (χ3n) is 2.18. The Kier molecular flexibility index (Phi) is 4.06. The van der Waals surface area contributed by atoms with E-state index in [1.807, 2.05) is 0 Å². The van der Waals surface area contributed by atoms with Crippen molar-refractivity contribution < 1.29 is 4.42 Å². The lowest BCUT2D eigenvalue weighted by molar-refractivity contribution is 0.495. The number of halogens is 1. The number of hydrogen-bond acceptors (Lipinski definition) is 5. The maximum Gasteiger partial charge on any atom is 0.266 e. The van der Waals surface area contributed by atoms with Crippen molar-refractivity contribution in [2.75, 3.05) is 13.1 Å². The van der Waals surface area contributed by atoms with Crippen LogP contribution < -0.4 is 5.32 Å². The van der Waals surface area contributed by atoms with Crippen molar-refractivity contribution in [3.05, 3.63) is 29.2 Å². The van der Waals surface area contributed by atoms with Crippen molar-refractivity contribution in [3.63, 3.8) is 0 Å². The Morgan fingerprint density at radius 3 is 2.94 bits per heavy atom. The molecule has 0 amide bonds. The molecular weight excluding hydrogens is 240 g/mol. The van der Waals surface area contributed by atoms with Gasteiger partial charge in [0, 0.05) is 19.2 Å². The van der Waals surface area contributed by atoms with Crippen LogP contribution in [0.4, 0.5) is 0 Å². The lowest BCUT2D eigenvalue weighted by Crippen LogP contribution is -2.16. The van der Waals surface area contributed by atoms with Gasteiger partial charge in [-0.05, 0) is 18.7 Å². The molecule has 0 aromatic carbocycles. The van der Waals surface area contributed by atoms with Crippen LogP contribution in [-0.4, -0.2) is 28.3 Å². The smallest absolute Gasteiger partial charge is 0.266 e. The molecule has 5 nitrogen and oxygen atoms in total. The second-order valence-corrected chi connectivity index (χ2v) is 3.90. The quantitative estimate of drug-likeness (QED) is 0.824. The number of hydrogen-bond donors (Lipinski definition) is 1. The third kappa shape index (κ3) is 3.25. The normalized spacial score (nSPS) is 10.7. The lowest BCUT2D eigenvalue weighted by Gasteiger charge is -1.96. The fraction of sp³-hybridized carbons (Fsp3) is 0.364. The number of aromatic nitrogens is 3. The van der Waals surface area contributed by atoms with Gasteiger partial charge in [0.15, 0.2) is 0 Å². The van der Waals surface area contributed by atoms with Crippen LogP contribution in [0.25, 0.3) is 11.6 Å². The van der Waals surface area contributed by atoms with Crippen molar-refractivity contribution in [2.45, 2.75) is 13.3 Å². The first-order chi connectivity index (χ1) is 8.29. The Morgan fingerprint density at radius 2 is 2.24 bits per heavy atom. The minimum absolute atomic E-state index is 0.424.